The van der Waals surface area contributed by atoms with Crippen LogP contribution in [-0.2, 0) is 14.8 Å². The molecule has 1 aliphatic rings. The molecular formula is C13H24ClN3O3S2. The molecule has 0 spiro atoms. The van der Waals surface area contributed by atoms with Crippen LogP contribution >= 0.6 is 23.7 Å². The molecular weight excluding hydrogens is 346 g/mol. The van der Waals surface area contributed by atoms with Crippen LogP contribution < -0.4 is 10.0 Å². The SMILES string of the molecule is COCC1(CNS(=O)(=O)c2nc(C)c(C)s2)CCNCC1.Cl. The van der Waals surface area contributed by atoms with Gasteiger partial charge < -0.3 is 10.1 Å². The molecule has 0 aromatic carbocycles. The number of hydrogen-bond donors (Lipinski definition) is 2. The first-order valence-corrected chi connectivity index (χ1v) is 9.32. The number of aromatic nitrogens is 1. The number of sulfonamides is 1. The smallest absolute Gasteiger partial charge is 0.267 e. The molecule has 0 bridgehead atoms. The van der Waals surface area contributed by atoms with Crippen molar-refractivity contribution in [3.8, 4) is 0 Å². The van der Waals surface area contributed by atoms with E-state index in [2.05, 4.69) is 15.0 Å². The number of ether oxygens (including phenoxy) is 1. The van der Waals surface area contributed by atoms with Gasteiger partial charge in [-0.3, -0.25) is 0 Å². The molecule has 1 saturated heterocycles. The summed E-state index contributed by atoms with van der Waals surface area (Å²) in [6.07, 6.45) is 1.80. The number of nitrogens with zero attached hydrogens (tertiary/aromatic N) is 1. The van der Waals surface area contributed by atoms with Gasteiger partial charge in [0.1, 0.15) is 0 Å². The number of piperidine rings is 1. The average Bonchev–Trinajstić information content (AvgIpc) is 2.79. The number of thiazole rings is 1. The van der Waals surface area contributed by atoms with Gasteiger partial charge in [-0.15, -0.1) is 23.7 Å². The highest BCUT2D eigenvalue weighted by molar-refractivity contribution is 7.91. The van der Waals surface area contributed by atoms with Crippen molar-refractivity contribution in [2.45, 2.75) is 31.0 Å². The fraction of sp³-hybridized carbons (Fsp3) is 0.769. The van der Waals surface area contributed by atoms with Gasteiger partial charge in [0.25, 0.3) is 10.0 Å². The van der Waals surface area contributed by atoms with Crippen LogP contribution in [0, 0.1) is 19.3 Å². The predicted octanol–water partition coefficient (Wildman–Crippen LogP) is 1.48. The molecule has 0 aliphatic carbocycles. The quantitative estimate of drug-likeness (QED) is 0.793. The van der Waals surface area contributed by atoms with Crippen molar-refractivity contribution in [2.75, 3.05) is 33.4 Å². The lowest BCUT2D eigenvalue weighted by Gasteiger charge is -2.36. The van der Waals surface area contributed by atoms with E-state index in [-0.39, 0.29) is 22.2 Å². The molecule has 2 N–H and O–H groups in total. The van der Waals surface area contributed by atoms with E-state index in [0.717, 1.165) is 36.5 Å². The molecule has 6 nitrogen and oxygen atoms in total. The Balaban J connectivity index is 0.00000242. The summed E-state index contributed by atoms with van der Waals surface area (Å²) in [6.45, 7) is 6.44. The van der Waals surface area contributed by atoms with Gasteiger partial charge in [-0.05, 0) is 39.8 Å². The second kappa shape index (κ2) is 8.03. The summed E-state index contributed by atoms with van der Waals surface area (Å²) in [5, 5.41) is 3.29. The maximum Gasteiger partial charge on any atom is 0.267 e. The molecule has 1 aliphatic heterocycles. The average molecular weight is 370 g/mol. The van der Waals surface area contributed by atoms with Crippen LogP contribution in [0.4, 0.5) is 0 Å². The van der Waals surface area contributed by atoms with Crippen LogP contribution in [0.2, 0.25) is 0 Å². The van der Waals surface area contributed by atoms with Crippen LogP contribution in [-0.4, -0.2) is 46.8 Å². The lowest BCUT2D eigenvalue weighted by atomic mass is 9.80. The summed E-state index contributed by atoms with van der Waals surface area (Å²) in [5.74, 6) is 0. The van der Waals surface area contributed by atoms with E-state index in [9.17, 15) is 8.42 Å². The molecule has 0 atom stereocenters. The summed E-state index contributed by atoms with van der Waals surface area (Å²) in [7, 11) is -1.88. The van der Waals surface area contributed by atoms with E-state index < -0.39 is 10.0 Å². The van der Waals surface area contributed by atoms with Gasteiger partial charge >= 0.3 is 0 Å². The second-order valence-corrected chi connectivity index (χ2v) is 8.77. The number of hydrogen-bond acceptors (Lipinski definition) is 6. The summed E-state index contributed by atoms with van der Waals surface area (Å²) in [5.41, 5.74) is 0.642. The molecule has 0 amide bonds. The third kappa shape index (κ3) is 4.62. The van der Waals surface area contributed by atoms with Crippen LogP contribution in [0.5, 0.6) is 0 Å². The van der Waals surface area contributed by atoms with Crippen LogP contribution in [0.1, 0.15) is 23.4 Å². The van der Waals surface area contributed by atoms with Crippen molar-refractivity contribution in [3.63, 3.8) is 0 Å². The first kappa shape index (κ1) is 19.8. The lowest BCUT2D eigenvalue weighted by Crippen LogP contribution is -2.47. The lowest BCUT2D eigenvalue weighted by molar-refractivity contribution is 0.0577. The minimum absolute atomic E-state index is 0. The number of aryl methyl sites for hydroxylation is 2. The Bertz CT molecular complexity index is 558. The third-order valence-electron chi connectivity index (χ3n) is 3.99. The number of methoxy groups -OCH3 is 1. The summed E-state index contributed by atoms with van der Waals surface area (Å²) in [6, 6.07) is 0. The maximum atomic E-state index is 12.4. The van der Waals surface area contributed by atoms with E-state index in [4.69, 9.17) is 4.74 Å². The second-order valence-electron chi connectivity index (χ2n) is 5.63. The van der Waals surface area contributed by atoms with Crippen LogP contribution in [0.25, 0.3) is 0 Å². The summed E-state index contributed by atoms with van der Waals surface area (Å²) < 4.78 is 32.9. The molecule has 128 valence electrons. The molecule has 1 aromatic rings. The van der Waals surface area contributed by atoms with Crippen molar-refractivity contribution >= 4 is 33.8 Å². The number of rotatable bonds is 6. The van der Waals surface area contributed by atoms with Crippen molar-refractivity contribution in [3.05, 3.63) is 10.6 Å². The Labute approximate surface area is 142 Å². The van der Waals surface area contributed by atoms with E-state index in [1.54, 1.807) is 7.11 Å². The Kier molecular flexibility index (Phi) is 7.22. The minimum atomic E-state index is -3.54. The molecule has 9 heteroatoms. The maximum absolute atomic E-state index is 12.4. The van der Waals surface area contributed by atoms with E-state index >= 15 is 0 Å². The molecule has 1 aromatic heterocycles. The van der Waals surface area contributed by atoms with Gasteiger partial charge in [-0.1, -0.05) is 0 Å². The molecule has 0 saturated carbocycles. The van der Waals surface area contributed by atoms with Gasteiger partial charge in [0.15, 0.2) is 0 Å². The normalized spacial score (nSPS) is 18.0. The predicted molar refractivity (Wildman–Crippen MR) is 90.4 cm³/mol. The Hall–Kier alpha value is -0.250. The van der Waals surface area contributed by atoms with Gasteiger partial charge in [-0.2, -0.15) is 0 Å². The monoisotopic (exact) mass is 369 g/mol. The zero-order valence-corrected chi connectivity index (χ0v) is 15.6. The molecule has 1 fully saturated rings. The molecule has 2 heterocycles. The van der Waals surface area contributed by atoms with Gasteiger partial charge in [-0.25, -0.2) is 18.1 Å². The highest BCUT2D eigenvalue weighted by atomic mass is 35.5. The fourth-order valence-corrected chi connectivity index (χ4v) is 5.01. The van der Waals surface area contributed by atoms with Gasteiger partial charge in [0, 0.05) is 23.9 Å². The van der Waals surface area contributed by atoms with Crippen molar-refractivity contribution < 1.29 is 13.2 Å². The topological polar surface area (TPSA) is 80.3 Å². The van der Waals surface area contributed by atoms with Gasteiger partial charge in [0.2, 0.25) is 4.34 Å². The molecule has 0 radical (unpaired) electrons. The van der Waals surface area contributed by atoms with Crippen molar-refractivity contribution in [1.82, 2.24) is 15.0 Å². The standard InChI is InChI=1S/C13H23N3O3S2.ClH/c1-10-11(2)20-12(16-10)21(17,18)15-8-13(9-19-3)4-6-14-7-5-13;/h14-15H,4-9H2,1-3H3;1H. The van der Waals surface area contributed by atoms with Crippen molar-refractivity contribution in [1.29, 1.82) is 0 Å². The Morgan fingerprint density at radius 3 is 2.50 bits per heavy atom. The third-order valence-corrected chi connectivity index (χ3v) is 6.84. The largest absolute Gasteiger partial charge is 0.384 e. The van der Waals surface area contributed by atoms with E-state index in [1.807, 2.05) is 13.8 Å². The fourth-order valence-electron chi connectivity index (χ4n) is 2.50. The zero-order chi connectivity index (χ0) is 15.5. The van der Waals surface area contributed by atoms with E-state index in [1.165, 1.54) is 11.3 Å². The Morgan fingerprint density at radius 2 is 2.00 bits per heavy atom. The summed E-state index contributed by atoms with van der Waals surface area (Å²) in [4.78, 5) is 5.07. The number of nitrogens with one attached hydrogen (secondary N) is 2. The first-order chi connectivity index (χ1) is 9.88. The van der Waals surface area contributed by atoms with Crippen molar-refractivity contribution in [2.24, 2.45) is 5.41 Å². The first-order valence-electron chi connectivity index (χ1n) is 7.02. The van der Waals surface area contributed by atoms with Crippen LogP contribution in [0.15, 0.2) is 4.34 Å². The van der Waals surface area contributed by atoms with Gasteiger partial charge in [0.05, 0.1) is 12.3 Å². The molecule has 22 heavy (non-hydrogen) atoms. The van der Waals surface area contributed by atoms with Crippen LogP contribution in [0.3, 0.4) is 0 Å². The molecule has 0 unspecified atom stereocenters. The summed E-state index contributed by atoms with van der Waals surface area (Å²) >= 11 is 1.22. The highest BCUT2D eigenvalue weighted by Crippen LogP contribution is 2.29. The highest BCUT2D eigenvalue weighted by Gasteiger charge is 2.34. The minimum Gasteiger partial charge on any atom is -0.384 e. The van der Waals surface area contributed by atoms with E-state index in [0.29, 0.717) is 13.2 Å². The molecule has 2 rings (SSSR count). The number of halogens is 1. The Morgan fingerprint density at radius 1 is 1.36 bits per heavy atom. The zero-order valence-electron chi connectivity index (χ0n) is 13.1.